The molecular formula is C13H27NO3. The van der Waals surface area contributed by atoms with Gasteiger partial charge in [-0.3, -0.25) is 0 Å². The van der Waals surface area contributed by atoms with Crippen molar-refractivity contribution in [1.29, 1.82) is 0 Å². The van der Waals surface area contributed by atoms with Crippen LogP contribution in [0.1, 0.15) is 40.0 Å². The van der Waals surface area contributed by atoms with Gasteiger partial charge in [0, 0.05) is 38.3 Å². The predicted molar refractivity (Wildman–Crippen MR) is 68.1 cm³/mol. The first-order valence-electron chi connectivity index (χ1n) is 6.76. The number of hydrogen-bond acceptors (Lipinski definition) is 4. The lowest BCUT2D eigenvalue weighted by atomic mass is 9.95. The highest BCUT2D eigenvalue weighted by atomic mass is 16.7. The summed E-state index contributed by atoms with van der Waals surface area (Å²) >= 11 is 0. The number of hydrogen-bond donors (Lipinski definition) is 1. The van der Waals surface area contributed by atoms with E-state index in [1.54, 1.807) is 0 Å². The third-order valence-electron chi connectivity index (χ3n) is 3.07. The summed E-state index contributed by atoms with van der Waals surface area (Å²) in [7, 11) is 0. The van der Waals surface area contributed by atoms with Gasteiger partial charge in [-0.05, 0) is 33.6 Å². The van der Waals surface area contributed by atoms with E-state index in [0.717, 1.165) is 32.6 Å². The van der Waals surface area contributed by atoms with E-state index in [4.69, 9.17) is 14.2 Å². The van der Waals surface area contributed by atoms with Crippen LogP contribution in [0.3, 0.4) is 0 Å². The third-order valence-corrected chi connectivity index (χ3v) is 3.07. The summed E-state index contributed by atoms with van der Waals surface area (Å²) in [6.45, 7) is 10.2. The molecule has 4 heteroatoms. The minimum atomic E-state index is -0.0781. The number of ether oxygens (including phenoxy) is 3. The SMILES string of the molecule is CCOC(CCNC1(C)CCCOC1)OCC. The maximum atomic E-state index is 5.51. The largest absolute Gasteiger partial charge is 0.380 e. The standard InChI is InChI=1S/C13H27NO3/c1-4-16-12(17-5-2)7-9-14-13(3)8-6-10-15-11-13/h12,14H,4-11H2,1-3H3. The molecule has 1 aliphatic rings. The van der Waals surface area contributed by atoms with Crippen LogP contribution >= 0.6 is 0 Å². The fourth-order valence-electron chi connectivity index (χ4n) is 2.15. The van der Waals surface area contributed by atoms with Gasteiger partial charge in [0.2, 0.25) is 0 Å². The summed E-state index contributed by atoms with van der Waals surface area (Å²) in [5, 5.41) is 3.56. The Balaban J connectivity index is 2.19. The third kappa shape index (κ3) is 5.82. The minimum Gasteiger partial charge on any atom is -0.380 e. The Morgan fingerprint density at radius 1 is 1.29 bits per heavy atom. The Bertz CT molecular complexity index is 187. The van der Waals surface area contributed by atoms with Crippen LogP contribution in [0.4, 0.5) is 0 Å². The molecule has 1 rings (SSSR count). The molecule has 1 atom stereocenters. The second kappa shape index (κ2) is 8.03. The first kappa shape index (κ1) is 14.9. The van der Waals surface area contributed by atoms with Gasteiger partial charge in [0.15, 0.2) is 6.29 Å². The summed E-state index contributed by atoms with van der Waals surface area (Å²) in [6, 6.07) is 0. The molecule has 1 aliphatic heterocycles. The van der Waals surface area contributed by atoms with Crippen LogP contribution in [0, 0.1) is 0 Å². The lowest BCUT2D eigenvalue weighted by Gasteiger charge is -2.35. The Hall–Kier alpha value is -0.160. The lowest BCUT2D eigenvalue weighted by Crippen LogP contribution is -2.49. The van der Waals surface area contributed by atoms with Crippen molar-refractivity contribution in [3.63, 3.8) is 0 Å². The molecule has 1 N–H and O–H groups in total. The zero-order chi connectivity index (χ0) is 12.6. The molecule has 0 amide bonds. The summed E-state index contributed by atoms with van der Waals surface area (Å²) in [6.07, 6.45) is 3.13. The molecule has 0 radical (unpaired) electrons. The monoisotopic (exact) mass is 245 g/mol. The molecule has 0 aromatic rings. The molecule has 1 heterocycles. The number of nitrogens with one attached hydrogen (secondary N) is 1. The molecule has 4 nitrogen and oxygen atoms in total. The fraction of sp³-hybridized carbons (Fsp3) is 1.00. The molecular weight excluding hydrogens is 218 g/mol. The van der Waals surface area contributed by atoms with Gasteiger partial charge in [0.1, 0.15) is 0 Å². The lowest BCUT2D eigenvalue weighted by molar-refractivity contribution is -0.139. The van der Waals surface area contributed by atoms with E-state index in [-0.39, 0.29) is 11.8 Å². The molecule has 0 aromatic heterocycles. The Morgan fingerprint density at radius 2 is 2.00 bits per heavy atom. The molecule has 0 aliphatic carbocycles. The topological polar surface area (TPSA) is 39.7 Å². The van der Waals surface area contributed by atoms with E-state index in [1.807, 2.05) is 13.8 Å². The first-order valence-corrected chi connectivity index (χ1v) is 6.76. The van der Waals surface area contributed by atoms with Crippen molar-refractivity contribution in [1.82, 2.24) is 5.32 Å². The first-order chi connectivity index (χ1) is 8.20. The highest BCUT2D eigenvalue weighted by Gasteiger charge is 2.26. The average molecular weight is 245 g/mol. The second-order valence-electron chi connectivity index (χ2n) is 4.77. The molecule has 0 spiro atoms. The minimum absolute atomic E-state index is 0.0781. The van der Waals surface area contributed by atoms with Gasteiger partial charge >= 0.3 is 0 Å². The van der Waals surface area contributed by atoms with Crippen molar-refractivity contribution in [2.75, 3.05) is 33.0 Å². The van der Waals surface area contributed by atoms with E-state index >= 15 is 0 Å². The van der Waals surface area contributed by atoms with E-state index in [9.17, 15) is 0 Å². The van der Waals surface area contributed by atoms with Gasteiger partial charge in [-0.1, -0.05) is 0 Å². The van der Waals surface area contributed by atoms with Crippen LogP contribution in [0.5, 0.6) is 0 Å². The molecule has 0 bridgehead atoms. The van der Waals surface area contributed by atoms with E-state index in [0.29, 0.717) is 13.2 Å². The predicted octanol–water partition coefficient (Wildman–Crippen LogP) is 1.93. The molecule has 1 fully saturated rings. The maximum absolute atomic E-state index is 5.51. The van der Waals surface area contributed by atoms with E-state index in [1.165, 1.54) is 6.42 Å². The van der Waals surface area contributed by atoms with Crippen molar-refractivity contribution in [3.05, 3.63) is 0 Å². The van der Waals surface area contributed by atoms with Gasteiger partial charge in [-0.2, -0.15) is 0 Å². The van der Waals surface area contributed by atoms with Crippen molar-refractivity contribution >= 4 is 0 Å². The highest BCUT2D eigenvalue weighted by molar-refractivity contribution is 4.85. The van der Waals surface area contributed by atoms with E-state index in [2.05, 4.69) is 12.2 Å². The molecule has 102 valence electrons. The average Bonchev–Trinajstić information content (AvgIpc) is 2.30. The maximum Gasteiger partial charge on any atom is 0.158 e. The Morgan fingerprint density at radius 3 is 2.53 bits per heavy atom. The summed E-state index contributed by atoms with van der Waals surface area (Å²) < 4.78 is 16.5. The van der Waals surface area contributed by atoms with Gasteiger partial charge < -0.3 is 19.5 Å². The molecule has 1 unspecified atom stereocenters. The van der Waals surface area contributed by atoms with Crippen LogP contribution in [0.25, 0.3) is 0 Å². The summed E-state index contributed by atoms with van der Waals surface area (Å²) in [5.74, 6) is 0. The Kier molecular flexibility index (Phi) is 7.04. The van der Waals surface area contributed by atoms with Gasteiger partial charge in [-0.15, -0.1) is 0 Å². The molecule has 17 heavy (non-hydrogen) atoms. The number of rotatable bonds is 8. The molecule has 1 saturated heterocycles. The normalized spacial score (nSPS) is 25.4. The van der Waals surface area contributed by atoms with Crippen LogP contribution in [-0.4, -0.2) is 44.8 Å². The zero-order valence-corrected chi connectivity index (χ0v) is 11.5. The van der Waals surface area contributed by atoms with Crippen LogP contribution < -0.4 is 5.32 Å². The van der Waals surface area contributed by atoms with Crippen molar-refractivity contribution in [2.45, 2.75) is 51.9 Å². The highest BCUT2D eigenvalue weighted by Crippen LogP contribution is 2.18. The van der Waals surface area contributed by atoms with Crippen molar-refractivity contribution in [2.24, 2.45) is 0 Å². The molecule has 0 aromatic carbocycles. The van der Waals surface area contributed by atoms with E-state index < -0.39 is 0 Å². The van der Waals surface area contributed by atoms with Crippen molar-refractivity contribution in [3.8, 4) is 0 Å². The molecule has 0 saturated carbocycles. The van der Waals surface area contributed by atoms with Crippen LogP contribution in [-0.2, 0) is 14.2 Å². The smallest absolute Gasteiger partial charge is 0.158 e. The van der Waals surface area contributed by atoms with Gasteiger partial charge in [-0.25, -0.2) is 0 Å². The van der Waals surface area contributed by atoms with Crippen LogP contribution in [0.2, 0.25) is 0 Å². The zero-order valence-electron chi connectivity index (χ0n) is 11.5. The summed E-state index contributed by atoms with van der Waals surface area (Å²) in [5.41, 5.74) is 0.126. The van der Waals surface area contributed by atoms with Crippen molar-refractivity contribution < 1.29 is 14.2 Å². The quantitative estimate of drug-likeness (QED) is 0.663. The fourth-order valence-corrected chi connectivity index (χ4v) is 2.15. The summed E-state index contributed by atoms with van der Waals surface area (Å²) in [4.78, 5) is 0. The second-order valence-corrected chi connectivity index (χ2v) is 4.77. The Labute approximate surface area is 105 Å². The van der Waals surface area contributed by atoms with Gasteiger partial charge in [0.05, 0.1) is 6.61 Å². The van der Waals surface area contributed by atoms with Crippen LogP contribution in [0.15, 0.2) is 0 Å². The van der Waals surface area contributed by atoms with Gasteiger partial charge in [0.25, 0.3) is 0 Å².